The summed E-state index contributed by atoms with van der Waals surface area (Å²) in [5, 5.41) is 2.81. The van der Waals surface area contributed by atoms with Crippen LogP contribution >= 0.6 is 0 Å². The quantitative estimate of drug-likeness (QED) is 0.575. The Labute approximate surface area is 182 Å². The highest BCUT2D eigenvalue weighted by Gasteiger charge is 2.17. The molecule has 0 unspecified atom stereocenters. The fraction of sp³-hybridized carbons (Fsp3) is 0.208. The van der Waals surface area contributed by atoms with Crippen molar-refractivity contribution in [3.05, 3.63) is 95.3 Å². The molecule has 0 atom stereocenters. The third kappa shape index (κ3) is 5.92. The maximum atomic E-state index is 13.0. The average molecular weight is 441 g/mol. The van der Waals surface area contributed by atoms with Crippen molar-refractivity contribution in [2.45, 2.75) is 37.6 Å². The third-order valence-corrected chi connectivity index (χ3v) is 6.15. The molecule has 7 heteroatoms. The minimum Gasteiger partial charge on any atom is -0.348 e. The van der Waals surface area contributed by atoms with E-state index in [1.54, 1.807) is 6.07 Å². The van der Waals surface area contributed by atoms with Crippen molar-refractivity contribution in [1.82, 2.24) is 5.32 Å². The minimum atomic E-state index is -3.92. The minimum absolute atomic E-state index is 0.0512. The summed E-state index contributed by atoms with van der Waals surface area (Å²) in [5.74, 6) is -0.839. The van der Waals surface area contributed by atoms with E-state index >= 15 is 0 Å². The number of hydrogen-bond donors (Lipinski definition) is 2. The van der Waals surface area contributed by atoms with E-state index in [9.17, 15) is 17.6 Å². The Morgan fingerprint density at radius 1 is 0.935 bits per heavy atom. The van der Waals surface area contributed by atoms with Crippen LogP contribution in [0.1, 0.15) is 42.3 Å². The molecule has 3 aromatic carbocycles. The number of carbonyl (C=O) groups is 1. The Balaban J connectivity index is 1.69. The van der Waals surface area contributed by atoms with E-state index in [1.165, 1.54) is 35.9 Å². The summed E-state index contributed by atoms with van der Waals surface area (Å²) in [5.41, 5.74) is 2.66. The zero-order valence-electron chi connectivity index (χ0n) is 17.6. The number of nitrogens with one attached hydrogen (secondary N) is 2. The Morgan fingerprint density at radius 3 is 2.19 bits per heavy atom. The Morgan fingerprint density at radius 2 is 1.58 bits per heavy atom. The first-order valence-corrected chi connectivity index (χ1v) is 11.3. The van der Waals surface area contributed by atoms with Crippen LogP contribution in [-0.4, -0.2) is 14.3 Å². The molecule has 162 valence electrons. The molecule has 3 rings (SSSR count). The number of hydrogen-bond acceptors (Lipinski definition) is 3. The summed E-state index contributed by atoms with van der Waals surface area (Å²) in [6, 6.07) is 18.8. The van der Waals surface area contributed by atoms with Crippen molar-refractivity contribution in [1.29, 1.82) is 0 Å². The predicted octanol–water partition coefficient (Wildman–Crippen LogP) is 4.85. The van der Waals surface area contributed by atoms with Gasteiger partial charge in [-0.05, 0) is 59.0 Å². The Bertz CT molecular complexity index is 1170. The molecule has 31 heavy (non-hydrogen) atoms. The first-order chi connectivity index (χ1) is 14.5. The molecule has 0 fully saturated rings. The largest absolute Gasteiger partial charge is 0.348 e. The van der Waals surface area contributed by atoms with Crippen molar-refractivity contribution < 1.29 is 17.6 Å². The summed E-state index contributed by atoms with van der Waals surface area (Å²) in [7, 11) is -3.92. The van der Waals surface area contributed by atoms with Crippen molar-refractivity contribution in [3.8, 4) is 0 Å². The summed E-state index contributed by atoms with van der Waals surface area (Å²) in [6.45, 7) is 6.73. The van der Waals surface area contributed by atoms with Crippen LogP contribution in [0.15, 0.2) is 77.7 Å². The maximum Gasteiger partial charge on any atom is 0.261 e. The molecule has 2 N–H and O–H groups in total. The van der Waals surface area contributed by atoms with Gasteiger partial charge < -0.3 is 5.32 Å². The second kappa shape index (κ2) is 8.89. The lowest BCUT2D eigenvalue weighted by Gasteiger charge is -2.19. The fourth-order valence-electron chi connectivity index (χ4n) is 2.94. The van der Waals surface area contributed by atoms with Gasteiger partial charge in [-0.2, -0.15) is 0 Å². The highest BCUT2D eigenvalue weighted by atomic mass is 32.2. The number of anilines is 1. The third-order valence-electron chi connectivity index (χ3n) is 4.78. The highest BCUT2D eigenvalue weighted by molar-refractivity contribution is 7.92. The molecule has 1 amide bonds. The fourth-order valence-corrected chi connectivity index (χ4v) is 4.05. The van der Waals surface area contributed by atoms with Gasteiger partial charge in [-0.3, -0.25) is 9.52 Å². The lowest BCUT2D eigenvalue weighted by atomic mass is 9.87. The SMILES string of the molecule is CC(C)(C)c1ccc(CNC(=O)c2cccc(S(=O)(=O)Nc3ccc(F)cc3)c2)cc1. The zero-order chi connectivity index (χ0) is 22.6. The highest BCUT2D eigenvalue weighted by Crippen LogP contribution is 2.22. The number of sulfonamides is 1. The number of benzene rings is 3. The van der Waals surface area contributed by atoms with Gasteiger partial charge in [-0.15, -0.1) is 0 Å². The molecule has 0 saturated heterocycles. The maximum absolute atomic E-state index is 13.0. The first kappa shape index (κ1) is 22.5. The average Bonchev–Trinajstić information content (AvgIpc) is 2.73. The van der Waals surface area contributed by atoms with Gasteiger partial charge in [0.05, 0.1) is 4.90 Å². The summed E-state index contributed by atoms with van der Waals surface area (Å²) >= 11 is 0. The van der Waals surface area contributed by atoms with E-state index in [0.29, 0.717) is 6.54 Å². The number of amides is 1. The molecule has 0 heterocycles. The molecule has 0 saturated carbocycles. The topological polar surface area (TPSA) is 75.3 Å². The molecule has 0 spiro atoms. The number of rotatable bonds is 6. The van der Waals surface area contributed by atoms with Crippen molar-refractivity contribution in [2.75, 3.05) is 4.72 Å². The van der Waals surface area contributed by atoms with Gasteiger partial charge in [0.25, 0.3) is 15.9 Å². The van der Waals surface area contributed by atoms with Gasteiger partial charge >= 0.3 is 0 Å². The van der Waals surface area contributed by atoms with E-state index in [2.05, 4.69) is 30.8 Å². The van der Waals surface area contributed by atoms with E-state index in [1.807, 2.05) is 24.3 Å². The molecule has 0 bridgehead atoms. The smallest absolute Gasteiger partial charge is 0.261 e. The second-order valence-electron chi connectivity index (χ2n) is 8.27. The van der Waals surface area contributed by atoms with E-state index < -0.39 is 15.8 Å². The van der Waals surface area contributed by atoms with E-state index in [-0.39, 0.29) is 27.5 Å². The van der Waals surface area contributed by atoms with Crippen LogP contribution < -0.4 is 10.0 Å². The summed E-state index contributed by atoms with van der Waals surface area (Å²) in [4.78, 5) is 12.5. The second-order valence-corrected chi connectivity index (χ2v) is 9.95. The number of carbonyl (C=O) groups excluding carboxylic acids is 1. The Kier molecular flexibility index (Phi) is 6.45. The van der Waals surface area contributed by atoms with Gasteiger partial charge in [0.1, 0.15) is 5.82 Å². The lowest BCUT2D eigenvalue weighted by molar-refractivity contribution is 0.0950. The van der Waals surface area contributed by atoms with E-state index in [0.717, 1.165) is 17.7 Å². The van der Waals surface area contributed by atoms with Crippen LogP contribution in [0.3, 0.4) is 0 Å². The zero-order valence-corrected chi connectivity index (χ0v) is 18.5. The van der Waals surface area contributed by atoms with Crippen molar-refractivity contribution in [2.24, 2.45) is 0 Å². The molecule has 0 aliphatic carbocycles. The van der Waals surface area contributed by atoms with Gasteiger partial charge in [-0.25, -0.2) is 12.8 Å². The van der Waals surface area contributed by atoms with Gasteiger partial charge in [0.2, 0.25) is 0 Å². The van der Waals surface area contributed by atoms with Crippen LogP contribution in [0.4, 0.5) is 10.1 Å². The van der Waals surface area contributed by atoms with Crippen LogP contribution in [0.5, 0.6) is 0 Å². The Hall–Kier alpha value is -3.19. The monoisotopic (exact) mass is 440 g/mol. The number of halogens is 1. The molecule has 3 aromatic rings. The van der Waals surface area contributed by atoms with Gasteiger partial charge in [-0.1, -0.05) is 51.1 Å². The first-order valence-electron chi connectivity index (χ1n) is 9.81. The van der Waals surface area contributed by atoms with Crippen molar-refractivity contribution >= 4 is 21.6 Å². The standard InChI is InChI=1S/C24H25FN2O3S/c1-24(2,3)19-9-7-17(8-10-19)16-26-23(28)18-5-4-6-22(15-18)31(29,30)27-21-13-11-20(25)12-14-21/h4-15,27H,16H2,1-3H3,(H,26,28). The molecule has 0 radical (unpaired) electrons. The van der Waals surface area contributed by atoms with Crippen LogP contribution in [-0.2, 0) is 22.0 Å². The lowest BCUT2D eigenvalue weighted by Crippen LogP contribution is -2.23. The molecular formula is C24H25FN2O3S. The van der Waals surface area contributed by atoms with Gasteiger partial charge in [0.15, 0.2) is 0 Å². The normalized spacial score (nSPS) is 11.7. The van der Waals surface area contributed by atoms with Gasteiger partial charge in [0, 0.05) is 17.8 Å². The molecule has 0 aliphatic rings. The van der Waals surface area contributed by atoms with E-state index in [4.69, 9.17) is 0 Å². The van der Waals surface area contributed by atoms with Crippen LogP contribution in [0, 0.1) is 5.82 Å². The summed E-state index contributed by atoms with van der Waals surface area (Å²) < 4.78 is 40.6. The van der Waals surface area contributed by atoms with Crippen LogP contribution in [0.2, 0.25) is 0 Å². The van der Waals surface area contributed by atoms with Crippen molar-refractivity contribution in [3.63, 3.8) is 0 Å². The predicted molar refractivity (Wildman–Crippen MR) is 120 cm³/mol. The molecule has 0 aromatic heterocycles. The molecule has 5 nitrogen and oxygen atoms in total. The van der Waals surface area contributed by atoms with Crippen LogP contribution in [0.25, 0.3) is 0 Å². The molecule has 0 aliphatic heterocycles. The molecular weight excluding hydrogens is 415 g/mol. The summed E-state index contributed by atoms with van der Waals surface area (Å²) in [6.07, 6.45) is 0.